The van der Waals surface area contributed by atoms with E-state index in [-0.39, 0.29) is 17.2 Å². The monoisotopic (exact) mass is 404 g/mol. The molecular formula is C20H25ClN4OS. The lowest BCUT2D eigenvalue weighted by Crippen LogP contribution is -2.43. The van der Waals surface area contributed by atoms with Gasteiger partial charge < -0.3 is 5.32 Å². The molecule has 1 aromatic heterocycles. The Kier molecular flexibility index (Phi) is 5.46. The number of carbonyl (C=O) groups is 1. The summed E-state index contributed by atoms with van der Waals surface area (Å²) in [6, 6.07) is 7.76. The van der Waals surface area contributed by atoms with Crippen LogP contribution in [-0.4, -0.2) is 32.0 Å². The summed E-state index contributed by atoms with van der Waals surface area (Å²) in [5.41, 5.74) is 0.887. The van der Waals surface area contributed by atoms with Crippen LogP contribution >= 0.6 is 23.4 Å². The lowest BCUT2D eigenvalue weighted by Gasteiger charge is -2.29. The van der Waals surface area contributed by atoms with E-state index in [1.54, 1.807) is 6.33 Å². The molecule has 7 heteroatoms. The average Bonchev–Trinajstić information content (AvgIpc) is 3.38. The van der Waals surface area contributed by atoms with Crippen molar-refractivity contribution in [3.63, 3.8) is 0 Å². The van der Waals surface area contributed by atoms with Crippen LogP contribution in [-0.2, 0) is 4.79 Å². The first-order chi connectivity index (χ1) is 13.0. The molecule has 4 rings (SSSR count). The Balaban J connectivity index is 1.38. The maximum atomic E-state index is 12.7. The van der Waals surface area contributed by atoms with Crippen molar-refractivity contribution in [1.82, 2.24) is 20.1 Å². The molecule has 1 heterocycles. The normalized spacial score (nSPS) is 26.1. The topological polar surface area (TPSA) is 59.8 Å². The van der Waals surface area contributed by atoms with Crippen molar-refractivity contribution in [2.24, 2.45) is 17.8 Å². The Labute approximate surface area is 169 Å². The van der Waals surface area contributed by atoms with Crippen LogP contribution in [0.3, 0.4) is 0 Å². The largest absolute Gasteiger partial charge is 0.352 e. The Bertz CT molecular complexity index is 826. The maximum Gasteiger partial charge on any atom is 0.233 e. The summed E-state index contributed by atoms with van der Waals surface area (Å²) in [4.78, 5) is 12.7. The number of benzene rings is 1. The molecule has 0 spiro atoms. The van der Waals surface area contributed by atoms with Crippen LogP contribution in [0, 0.1) is 17.8 Å². The van der Waals surface area contributed by atoms with E-state index in [4.69, 9.17) is 11.6 Å². The molecule has 5 nitrogen and oxygen atoms in total. The summed E-state index contributed by atoms with van der Waals surface area (Å²) < 4.78 is 1.86. The standard InChI is InChI=1S/C20H25ClN4OS/c1-12(18-9-14-6-7-15(18)8-14)23-19(26)13(2)27-20-24-22-11-25(20)17-5-3-4-16(21)10-17/h3-5,10-15,18H,6-9H2,1-2H3,(H,23,26). The second-order valence-corrected chi connectivity index (χ2v) is 9.60. The van der Waals surface area contributed by atoms with Crippen LogP contribution in [0.1, 0.15) is 39.5 Å². The first-order valence-corrected chi connectivity index (χ1v) is 10.9. The van der Waals surface area contributed by atoms with Crippen molar-refractivity contribution in [2.75, 3.05) is 0 Å². The van der Waals surface area contributed by atoms with Gasteiger partial charge in [-0.15, -0.1) is 10.2 Å². The molecule has 0 radical (unpaired) electrons. The van der Waals surface area contributed by atoms with E-state index in [1.807, 2.05) is 35.8 Å². The number of rotatable bonds is 6. The van der Waals surface area contributed by atoms with Gasteiger partial charge in [0.1, 0.15) is 6.33 Å². The van der Waals surface area contributed by atoms with Gasteiger partial charge in [0.2, 0.25) is 5.91 Å². The fourth-order valence-electron chi connectivity index (χ4n) is 4.67. The smallest absolute Gasteiger partial charge is 0.233 e. The summed E-state index contributed by atoms with van der Waals surface area (Å²) in [6.45, 7) is 4.08. The van der Waals surface area contributed by atoms with Gasteiger partial charge in [-0.1, -0.05) is 35.9 Å². The van der Waals surface area contributed by atoms with Gasteiger partial charge in [0.25, 0.3) is 0 Å². The second-order valence-electron chi connectivity index (χ2n) is 7.86. The van der Waals surface area contributed by atoms with Crippen molar-refractivity contribution >= 4 is 29.3 Å². The third-order valence-corrected chi connectivity index (χ3v) is 7.35. The molecule has 2 fully saturated rings. The van der Waals surface area contributed by atoms with E-state index < -0.39 is 0 Å². The first kappa shape index (κ1) is 18.8. The summed E-state index contributed by atoms with van der Waals surface area (Å²) in [7, 11) is 0. The molecule has 2 saturated carbocycles. The van der Waals surface area contributed by atoms with Crippen LogP contribution in [0.25, 0.3) is 5.69 Å². The minimum Gasteiger partial charge on any atom is -0.352 e. The third-order valence-electron chi connectivity index (χ3n) is 6.06. The quantitative estimate of drug-likeness (QED) is 0.727. The zero-order chi connectivity index (χ0) is 19.0. The van der Waals surface area contributed by atoms with Gasteiger partial charge in [0.05, 0.1) is 10.9 Å². The molecule has 1 N–H and O–H groups in total. The number of halogens is 1. The number of nitrogens with zero attached hydrogens (tertiary/aromatic N) is 3. The minimum absolute atomic E-state index is 0.0657. The molecule has 144 valence electrons. The van der Waals surface area contributed by atoms with Gasteiger partial charge in [-0.2, -0.15) is 0 Å². The van der Waals surface area contributed by atoms with Crippen LogP contribution in [0.15, 0.2) is 35.7 Å². The summed E-state index contributed by atoms with van der Waals surface area (Å²) in [5, 5.41) is 12.5. The highest BCUT2D eigenvalue weighted by Crippen LogP contribution is 2.49. The summed E-state index contributed by atoms with van der Waals surface area (Å²) in [6.07, 6.45) is 7.00. The molecule has 1 amide bonds. The zero-order valence-corrected chi connectivity index (χ0v) is 17.2. The molecule has 2 aliphatic rings. The van der Waals surface area contributed by atoms with Gasteiger partial charge in [-0.25, -0.2) is 0 Å². The van der Waals surface area contributed by atoms with Crippen LogP contribution < -0.4 is 5.32 Å². The van der Waals surface area contributed by atoms with E-state index in [2.05, 4.69) is 22.4 Å². The molecule has 5 unspecified atom stereocenters. The molecule has 2 aliphatic carbocycles. The fourth-order valence-corrected chi connectivity index (χ4v) is 5.71. The van der Waals surface area contributed by atoms with E-state index in [1.165, 1.54) is 37.4 Å². The van der Waals surface area contributed by atoms with Crippen LogP contribution in [0.2, 0.25) is 5.02 Å². The Morgan fingerprint density at radius 1 is 1.33 bits per heavy atom. The van der Waals surface area contributed by atoms with Crippen molar-refractivity contribution in [3.05, 3.63) is 35.6 Å². The highest BCUT2D eigenvalue weighted by Gasteiger charge is 2.42. The fraction of sp³-hybridized carbons (Fsp3) is 0.550. The van der Waals surface area contributed by atoms with Crippen molar-refractivity contribution in [1.29, 1.82) is 0 Å². The van der Waals surface area contributed by atoms with Crippen LogP contribution in [0.5, 0.6) is 0 Å². The van der Waals surface area contributed by atoms with Gasteiger partial charge in [-0.05, 0) is 69.1 Å². The summed E-state index contributed by atoms with van der Waals surface area (Å²) >= 11 is 7.51. The molecule has 2 aromatic rings. The van der Waals surface area contributed by atoms with E-state index >= 15 is 0 Å². The lowest BCUT2D eigenvalue weighted by atomic mass is 9.84. The van der Waals surface area contributed by atoms with E-state index in [0.29, 0.717) is 16.1 Å². The SMILES string of the molecule is CC(Sc1nncn1-c1cccc(Cl)c1)C(=O)NC(C)C1CC2CCC1C2. The molecule has 0 aliphatic heterocycles. The minimum atomic E-state index is -0.242. The van der Waals surface area contributed by atoms with Crippen molar-refractivity contribution in [3.8, 4) is 5.69 Å². The third kappa shape index (κ3) is 4.02. The Morgan fingerprint density at radius 3 is 2.89 bits per heavy atom. The number of amides is 1. The number of aromatic nitrogens is 3. The Morgan fingerprint density at radius 2 is 2.19 bits per heavy atom. The summed E-state index contributed by atoms with van der Waals surface area (Å²) in [5.74, 6) is 2.40. The molecular weight excluding hydrogens is 380 g/mol. The average molecular weight is 405 g/mol. The van der Waals surface area contributed by atoms with Gasteiger partial charge in [0, 0.05) is 11.1 Å². The number of carbonyl (C=O) groups excluding carboxylic acids is 1. The number of hydrogen-bond donors (Lipinski definition) is 1. The number of fused-ring (bicyclic) bond motifs is 2. The predicted molar refractivity (Wildman–Crippen MR) is 108 cm³/mol. The lowest BCUT2D eigenvalue weighted by molar-refractivity contribution is -0.121. The molecule has 1 aromatic carbocycles. The van der Waals surface area contributed by atoms with Gasteiger partial charge >= 0.3 is 0 Å². The second kappa shape index (κ2) is 7.84. The number of thioether (sulfide) groups is 1. The maximum absolute atomic E-state index is 12.7. The van der Waals surface area contributed by atoms with Gasteiger partial charge in [0.15, 0.2) is 5.16 Å². The molecule has 2 bridgehead atoms. The molecule has 27 heavy (non-hydrogen) atoms. The van der Waals surface area contributed by atoms with Crippen molar-refractivity contribution in [2.45, 2.75) is 56.0 Å². The highest BCUT2D eigenvalue weighted by atomic mass is 35.5. The first-order valence-electron chi connectivity index (χ1n) is 9.64. The van der Waals surface area contributed by atoms with Gasteiger partial charge in [-0.3, -0.25) is 9.36 Å². The predicted octanol–water partition coefficient (Wildman–Crippen LogP) is 4.34. The molecule has 0 saturated heterocycles. The van der Waals surface area contributed by atoms with Crippen molar-refractivity contribution < 1.29 is 4.79 Å². The van der Waals surface area contributed by atoms with Crippen LogP contribution in [0.4, 0.5) is 0 Å². The zero-order valence-electron chi connectivity index (χ0n) is 15.6. The Hall–Kier alpha value is -1.53. The molecule has 5 atom stereocenters. The number of nitrogens with one attached hydrogen (secondary N) is 1. The van der Waals surface area contributed by atoms with E-state index in [9.17, 15) is 4.79 Å². The highest BCUT2D eigenvalue weighted by molar-refractivity contribution is 8.00. The number of hydrogen-bond acceptors (Lipinski definition) is 4. The van der Waals surface area contributed by atoms with E-state index in [0.717, 1.165) is 17.5 Å².